The van der Waals surface area contributed by atoms with Crippen molar-refractivity contribution in [2.75, 3.05) is 31.0 Å². The minimum absolute atomic E-state index is 0.124. The number of carboxylic acid groups (broad SMARTS) is 1. The van der Waals surface area contributed by atoms with Crippen LogP contribution in [0.1, 0.15) is 12.6 Å². The number of ether oxygens (including phenoxy) is 1. The Morgan fingerprint density at radius 3 is 2.83 bits per heavy atom. The van der Waals surface area contributed by atoms with E-state index < -0.39 is 41.1 Å². The van der Waals surface area contributed by atoms with E-state index in [1.165, 1.54) is 46.1 Å². The molecule has 222 valence electrons. The molecule has 0 aliphatic carbocycles. The topological polar surface area (TPSA) is 225 Å². The molecule has 20 heteroatoms. The number of hydrogen-bond donors (Lipinski definition) is 5. The van der Waals surface area contributed by atoms with Crippen molar-refractivity contribution in [3.63, 3.8) is 0 Å². The Morgan fingerprint density at radius 2 is 2.17 bits per heavy atom. The van der Waals surface area contributed by atoms with Gasteiger partial charge in [-0.25, -0.2) is 29.0 Å². The summed E-state index contributed by atoms with van der Waals surface area (Å²) >= 11 is 3.54. The molecule has 0 bridgehead atoms. The lowest BCUT2D eigenvalue weighted by atomic mass is 10.0. The summed E-state index contributed by atoms with van der Waals surface area (Å²) in [6.45, 7) is 1.76. The Labute approximate surface area is 249 Å². The minimum Gasteiger partial charge on any atom is -0.493 e. The number of nitrogens with one attached hydrogen (secondary N) is 2. The van der Waals surface area contributed by atoms with Gasteiger partial charge in [-0.15, -0.1) is 28.6 Å². The summed E-state index contributed by atoms with van der Waals surface area (Å²) in [7, 11) is 1.26. The highest BCUT2D eigenvalue weighted by Gasteiger charge is 2.54. The minimum atomic E-state index is -1.29. The Hall–Kier alpha value is -4.27. The average molecular weight is 638 g/mol. The quantitative estimate of drug-likeness (QED) is 0.0731. The summed E-state index contributed by atoms with van der Waals surface area (Å²) in [5, 5.41) is 29.0. The monoisotopic (exact) mass is 637 g/mol. The fraction of sp³-hybridized carbons (Fsp3) is 0.318. The number of rotatable bonds is 10. The van der Waals surface area contributed by atoms with Crippen LogP contribution in [0.2, 0.25) is 0 Å². The molecule has 1 fully saturated rings. The molecule has 42 heavy (non-hydrogen) atoms. The van der Waals surface area contributed by atoms with E-state index in [1.807, 2.05) is 0 Å². The van der Waals surface area contributed by atoms with Crippen molar-refractivity contribution in [3.8, 4) is 0 Å². The highest BCUT2D eigenvalue weighted by Crippen LogP contribution is 2.41. The van der Waals surface area contributed by atoms with Gasteiger partial charge in [-0.05, 0) is 24.4 Å². The third-order valence-electron chi connectivity index (χ3n) is 6.01. The number of aromatic nitrogens is 1. The van der Waals surface area contributed by atoms with E-state index in [0.29, 0.717) is 5.57 Å². The van der Waals surface area contributed by atoms with Crippen molar-refractivity contribution in [2.24, 2.45) is 10.1 Å². The van der Waals surface area contributed by atoms with Gasteiger partial charge in [-0.2, -0.15) is 0 Å². The number of carbonyl (C=O) groups excluding carboxylic acids is 3. The molecular weight excluding hydrogens is 614 g/mol. The normalized spacial score (nSPS) is 21.6. The number of fused-ring (bicyclic) bond motifs is 2. The number of carbonyl (C=O) groups is 4. The van der Waals surface area contributed by atoms with Crippen molar-refractivity contribution < 1.29 is 39.0 Å². The number of aliphatic carboxylic acids is 1. The number of β-lactam (4-membered cyclic amide) rings is 1. The van der Waals surface area contributed by atoms with Crippen molar-refractivity contribution in [1.29, 1.82) is 0 Å². The number of amides is 2. The third-order valence-corrected chi connectivity index (χ3v) is 8.97. The van der Waals surface area contributed by atoms with E-state index in [-0.39, 0.29) is 51.7 Å². The first-order chi connectivity index (χ1) is 20.1. The summed E-state index contributed by atoms with van der Waals surface area (Å²) < 4.78 is 6.39. The van der Waals surface area contributed by atoms with E-state index in [9.17, 15) is 29.4 Å². The Morgan fingerprint density at radius 1 is 1.38 bits per heavy atom. The predicted molar refractivity (Wildman–Crippen MR) is 152 cm³/mol. The molecule has 0 unspecified atom stereocenters. The number of aliphatic imine (C=N–C) groups is 1. The lowest BCUT2D eigenvalue weighted by molar-refractivity contribution is -0.150. The number of thiazole rings is 1. The molecule has 0 spiro atoms. The number of hydrazine groups is 2. The number of aliphatic hydroxyl groups is 1. The molecule has 1 aromatic rings. The second-order valence-electron chi connectivity index (χ2n) is 8.55. The van der Waals surface area contributed by atoms with Gasteiger partial charge in [0.1, 0.15) is 35.5 Å². The van der Waals surface area contributed by atoms with Crippen LogP contribution in [-0.2, 0) is 28.8 Å². The first-order valence-corrected chi connectivity index (χ1v) is 14.9. The lowest BCUT2D eigenvalue weighted by Crippen LogP contribution is -2.71. The van der Waals surface area contributed by atoms with Crippen LogP contribution in [0.15, 0.2) is 50.3 Å². The molecule has 0 radical (unpaired) electrons. The van der Waals surface area contributed by atoms with Crippen LogP contribution < -0.4 is 16.6 Å². The van der Waals surface area contributed by atoms with Gasteiger partial charge < -0.3 is 30.8 Å². The number of oxime groups is 1. The second-order valence-corrected chi connectivity index (χ2v) is 11.5. The number of thioether (sulfide) groups is 1. The van der Waals surface area contributed by atoms with Gasteiger partial charge >= 0.3 is 11.9 Å². The fourth-order valence-corrected chi connectivity index (χ4v) is 7.02. The SMILES string of the molecule is CCOC(=O)C1=C(O)N2NN(SCC3=C(C(=O)O)N4C(=O)[C@@H](NC(=O)/C(=N\OC)c5csc(N)n5)[C@H]4SC3)C=C2N=C1. The highest BCUT2D eigenvalue weighted by atomic mass is 32.2. The molecule has 5 heterocycles. The van der Waals surface area contributed by atoms with Gasteiger partial charge in [0.25, 0.3) is 11.8 Å². The molecule has 1 aromatic heterocycles. The van der Waals surface area contributed by atoms with Crippen molar-refractivity contribution in [3.05, 3.63) is 45.8 Å². The molecule has 0 aromatic carbocycles. The van der Waals surface area contributed by atoms with Crippen molar-refractivity contribution in [2.45, 2.75) is 18.3 Å². The maximum absolute atomic E-state index is 13.1. The van der Waals surface area contributed by atoms with Gasteiger partial charge in [-0.3, -0.25) is 14.5 Å². The lowest BCUT2D eigenvalue weighted by Gasteiger charge is -2.49. The van der Waals surface area contributed by atoms with E-state index in [1.54, 1.807) is 6.92 Å². The second kappa shape index (κ2) is 11.9. The van der Waals surface area contributed by atoms with Gasteiger partial charge in [0.05, 0.1) is 12.8 Å². The summed E-state index contributed by atoms with van der Waals surface area (Å²) in [6, 6.07) is -0.994. The number of carboxylic acids is 1. The molecule has 2 amide bonds. The molecule has 4 aliphatic rings. The summed E-state index contributed by atoms with van der Waals surface area (Å²) in [4.78, 5) is 64.4. The van der Waals surface area contributed by atoms with E-state index >= 15 is 0 Å². The number of hydrogen-bond acceptors (Lipinski definition) is 17. The number of aliphatic hydroxyl groups excluding tert-OH is 1. The van der Waals surface area contributed by atoms with E-state index in [2.05, 4.69) is 26.0 Å². The predicted octanol–water partition coefficient (Wildman–Crippen LogP) is -0.284. The zero-order chi connectivity index (χ0) is 30.1. The molecule has 17 nitrogen and oxygen atoms in total. The number of nitrogen functional groups attached to an aromatic ring is 1. The molecular formula is C22H23N9O8S3. The fourth-order valence-electron chi connectivity index (χ4n) is 4.16. The number of anilines is 1. The number of esters is 1. The largest absolute Gasteiger partial charge is 0.493 e. The molecule has 6 N–H and O–H groups in total. The van der Waals surface area contributed by atoms with Crippen LogP contribution in [0, 0.1) is 0 Å². The zero-order valence-electron chi connectivity index (χ0n) is 21.8. The van der Waals surface area contributed by atoms with Crippen molar-refractivity contribution >= 4 is 75.9 Å². The van der Waals surface area contributed by atoms with Crippen LogP contribution in [0.25, 0.3) is 0 Å². The number of nitrogens with two attached hydrogens (primary N) is 1. The summed E-state index contributed by atoms with van der Waals surface area (Å²) in [5.74, 6) is -3.05. The third kappa shape index (κ3) is 5.35. The first kappa shape index (κ1) is 29.2. The molecule has 2 atom stereocenters. The van der Waals surface area contributed by atoms with Crippen LogP contribution in [0.3, 0.4) is 0 Å². The maximum atomic E-state index is 13.1. The Bertz CT molecular complexity index is 1500. The van der Waals surface area contributed by atoms with Gasteiger partial charge in [0.15, 0.2) is 16.7 Å². The first-order valence-electron chi connectivity index (χ1n) is 12.0. The summed E-state index contributed by atoms with van der Waals surface area (Å²) in [6.07, 6.45) is 2.73. The standard InChI is InChI=1S/C22H23N9O8S3/c1-3-39-21(37)10-4-24-12-5-29(28-31(12)17(10)33)42-7-9-6-40-19-14(18(34)30(19)15(9)20(35)36)26-16(32)13(27-38-2)11-8-41-22(23)25-11/h4-5,8,14,19,28,33H,3,6-7H2,1-2H3,(H2,23,25)(H,26,32)(H,35,36)/b27-13-/t14-,19-/m1/s1. The number of nitrogens with zero attached hydrogens (tertiary/aromatic N) is 6. The average Bonchev–Trinajstić information content (AvgIpc) is 3.59. The van der Waals surface area contributed by atoms with E-state index in [4.69, 9.17) is 15.3 Å². The molecule has 1 saturated heterocycles. The Kier molecular flexibility index (Phi) is 8.29. The van der Waals surface area contributed by atoms with Crippen LogP contribution in [-0.4, -0.2) is 102 Å². The van der Waals surface area contributed by atoms with Crippen LogP contribution in [0.4, 0.5) is 5.13 Å². The molecule has 0 saturated carbocycles. The maximum Gasteiger partial charge on any atom is 0.352 e. The van der Waals surface area contributed by atoms with Gasteiger partial charge in [0.2, 0.25) is 5.88 Å². The van der Waals surface area contributed by atoms with Crippen LogP contribution >= 0.6 is 35.0 Å². The van der Waals surface area contributed by atoms with E-state index in [0.717, 1.165) is 28.2 Å². The summed E-state index contributed by atoms with van der Waals surface area (Å²) in [5.41, 5.74) is 8.64. The van der Waals surface area contributed by atoms with Gasteiger partial charge in [0, 0.05) is 23.1 Å². The molecule has 5 rings (SSSR count). The smallest absolute Gasteiger partial charge is 0.352 e. The van der Waals surface area contributed by atoms with Crippen LogP contribution in [0.5, 0.6) is 0 Å². The Balaban J connectivity index is 1.25. The molecule has 4 aliphatic heterocycles. The van der Waals surface area contributed by atoms with Crippen molar-refractivity contribution in [1.82, 2.24) is 30.2 Å². The van der Waals surface area contributed by atoms with Gasteiger partial charge in [-0.1, -0.05) is 5.16 Å². The highest BCUT2D eigenvalue weighted by molar-refractivity contribution is 8.00. The zero-order valence-corrected chi connectivity index (χ0v) is 24.3.